The molecule has 31 heavy (non-hydrogen) atoms. The number of carbonyl (C=O) groups is 1. The maximum Gasteiger partial charge on any atom is 0.278 e. The van der Waals surface area contributed by atoms with Gasteiger partial charge in [0.15, 0.2) is 17.2 Å². The van der Waals surface area contributed by atoms with Crippen LogP contribution in [0.4, 0.5) is 0 Å². The number of rotatable bonds is 4. The van der Waals surface area contributed by atoms with Crippen molar-refractivity contribution in [3.8, 4) is 11.5 Å². The van der Waals surface area contributed by atoms with Gasteiger partial charge in [0, 0.05) is 44.7 Å². The lowest BCUT2D eigenvalue weighted by Crippen LogP contribution is -2.49. The fourth-order valence-electron chi connectivity index (χ4n) is 4.18. The smallest absolute Gasteiger partial charge is 0.278 e. The summed E-state index contributed by atoms with van der Waals surface area (Å²) in [4.78, 5) is 30.1. The highest BCUT2D eigenvalue weighted by Crippen LogP contribution is 2.32. The number of hydrogen-bond acceptors (Lipinski definition) is 6. The lowest BCUT2D eigenvalue weighted by atomic mass is 10.1. The van der Waals surface area contributed by atoms with Crippen molar-refractivity contribution in [2.24, 2.45) is 0 Å². The Kier molecular flexibility index (Phi) is 5.07. The summed E-state index contributed by atoms with van der Waals surface area (Å²) >= 11 is 0. The summed E-state index contributed by atoms with van der Waals surface area (Å²) in [5, 5.41) is 4.92. The monoisotopic (exact) mass is 420 g/mol. The van der Waals surface area contributed by atoms with Crippen molar-refractivity contribution < 1.29 is 14.3 Å². The van der Waals surface area contributed by atoms with E-state index in [1.54, 1.807) is 15.6 Å². The zero-order valence-corrected chi connectivity index (χ0v) is 17.4. The van der Waals surface area contributed by atoms with E-state index >= 15 is 0 Å². The fourth-order valence-corrected chi connectivity index (χ4v) is 4.18. The Bertz CT molecular complexity index is 1200. The van der Waals surface area contributed by atoms with E-state index in [9.17, 15) is 9.59 Å². The molecule has 3 aromatic rings. The van der Waals surface area contributed by atoms with E-state index in [1.165, 1.54) is 0 Å². The lowest BCUT2D eigenvalue weighted by molar-refractivity contribution is 0.0619. The molecule has 0 aliphatic carbocycles. The Hall–Kier alpha value is -3.39. The van der Waals surface area contributed by atoms with Crippen molar-refractivity contribution in [2.45, 2.75) is 20.0 Å². The molecule has 0 saturated carbocycles. The standard InChI is InChI=1S/C23H24N4O4/c1-2-27-18-6-4-3-5-17(18)22(28)21(24-27)23(29)26-11-9-25(10-12-26)14-16-7-8-19-20(13-16)31-15-30-19/h3-8,13H,2,9-12,14-15H2,1H3. The zero-order valence-electron chi connectivity index (χ0n) is 17.4. The number of ether oxygens (including phenoxy) is 2. The summed E-state index contributed by atoms with van der Waals surface area (Å²) in [5.41, 5.74) is 1.60. The number of aromatic nitrogens is 2. The second kappa shape index (κ2) is 8.03. The lowest BCUT2D eigenvalue weighted by Gasteiger charge is -2.34. The number of para-hydroxylation sites is 1. The predicted octanol–water partition coefficient (Wildman–Crippen LogP) is 2.10. The summed E-state index contributed by atoms with van der Waals surface area (Å²) in [6.45, 7) is 6.16. The minimum absolute atomic E-state index is 0.00442. The van der Waals surface area contributed by atoms with Gasteiger partial charge in [-0.3, -0.25) is 19.2 Å². The van der Waals surface area contributed by atoms with Crippen molar-refractivity contribution in [2.75, 3.05) is 33.0 Å². The number of aryl methyl sites for hydroxylation is 1. The van der Waals surface area contributed by atoms with E-state index in [0.29, 0.717) is 25.0 Å². The Morgan fingerprint density at radius 1 is 1.03 bits per heavy atom. The maximum absolute atomic E-state index is 13.1. The largest absolute Gasteiger partial charge is 0.454 e. The average Bonchev–Trinajstić information content (AvgIpc) is 3.28. The van der Waals surface area contributed by atoms with Gasteiger partial charge in [-0.15, -0.1) is 0 Å². The molecular weight excluding hydrogens is 396 g/mol. The van der Waals surface area contributed by atoms with Crippen LogP contribution in [0.3, 0.4) is 0 Å². The number of fused-ring (bicyclic) bond motifs is 2. The molecule has 0 N–H and O–H groups in total. The maximum atomic E-state index is 13.1. The minimum Gasteiger partial charge on any atom is -0.454 e. The van der Waals surface area contributed by atoms with Crippen LogP contribution in [0.2, 0.25) is 0 Å². The normalized spacial score (nSPS) is 16.1. The fraction of sp³-hybridized carbons (Fsp3) is 0.348. The molecule has 1 amide bonds. The molecule has 0 radical (unpaired) electrons. The van der Waals surface area contributed by atoms with Crippen LogP contribution in [-0.4, -0.2) is 58.5 Å². The second-order valence-corrected chi connectivity index (χ2v) is 7.77. The third-order valence-corrected chi connectivity index (χ3v) is 5.87. The van der Waals surface area contributed by atoms with Gasteiger partial charge in [0.05, 0.1) is 5.52 Å². The minimum atomic E-state index is -0.298. The molecule has 2 aliphatic heterocycles. The molecule has 2 aliphatic rings. The molecule has 160 valence electrons. The van der Waals surface area contributed by atoms with Gasteiger partial charge in [-0.05, 0) is 36.8 Å². The van der Waals surface area contributed by atoms with E-state index in [0.717, 1.165) is 42.2 Å². The van der Waals surface area contributed by atoms with E-state index in [-0.39, 0.29) is 23.8 Å². The van der Waals surface area contributed by atoms with Crippen LogP contribution >= 0.6 is 0 Å². The van der Waals surface area contributed by atoms with Crippen molar-refractivity contribution in [3.05, 3.63) is 63.9 Å². The number of benzene rings is 2. The van der Waals surface area contributed by atoms with E-state index in [2.05, 4.69) is 10.00 Å². The molecular formula is C23H24N4O4. The van der Waals surface area contributed by atoms with Crippen LogP contribution in [0.25, 0.3) is 10.9 Å². The Morgan fingerprint density at radius 2 is 1.81 bits per heavy atom. The molecule has 0 atom stereocenters. The summed E-state index contributed by atoms with van der Waals surface area (Å²) in [7, 11) is 0. The summed E-state index contributed by atoms with van der Waals surface area (Å²) in [5.74, 6) is 1.27. The van der Waals surface area contributed by atoms with Gasteiger partial charge in [-0.2, -0.15) is 5.10 Å². The first-order valence-electron chi connectivity index (χ1n) is 10.5. The van der Waals surface area contributed by atoms with Crippen LogP contribution in [0, 0.1) is 0 Å². The summed E-state index contributed by atoms with van der Waals surface area (Å²) in [6, 6.07) is 13.3. The van der Waals surface area contributed by atoms with Gasteiger partial charge in [-0.1, -0.05) is 18.2 Å². The van der Waals surface area contributed by atoms with Crippen LogP contribution in [-0.2, 0) is 13.1 Å². The van der Waals surface area contributed by atoms with Gasteiger partial charge in [-0.25, -0.2) is 0 Å². The molecule has 0 unspecified atom stereocenters. The highest BCUT2D eigenvalue weighted by atomic mass is 16.7. The van der Waals surface area contributed by atoms with Crippen molar-refractivity contribution in [1.29, 1.82) is 0 Å². The number of nitrogens with zero attached hydrogens (tertiary/aromatic N) is 4. The number of amides is 1. The van der Waals surface area contributed by atoms with E-state index < -0.39 is 0 Å². The zero-order chi connectivity index (χ0) is 21.4. The van der Waals surface area contributed by atoms with Gasteiger partial charge in [0.2, 0.25) is 12.2 Å². The van der Waals surface area contributed by atoms with E-state index in [4.69, 9.17) is 9.47 Å². The first-order valence-corrected chi connectivity index (χ1v) is 10.5. The SMILES string of the molecule is CCn1nc(C(=O)N2CCN(Cc3ccc4c(c3)OCO4)CC2)c(=O)c2ccccc21. The summed E-state index contributed by atoms with van der Waals surface area (Å²) < 4.78 is 12.5. The van der Waals surface area contributed by atoms with Crippen LogP contribution < -0.4 is 14.9 Å². The molecule has 8 nitrogen and oxygen atoms in total. The number of carbonyl (C=O) groups excluding carboxylic acids is 1. The van der Waals surface area contributed by atoms with Gasteiger partial charge >= 0.3 is 0 Å². The Morgan fingerprint density at radius 3 is 2.61 bits per heavy atom. The van der Waals surface area contributed by atoms with Gasteiger partial charge < -0.3 is 14.4 Å². The van der Waals surface area contributed by atoms with Crippen molar-refractivity contribution in [3.63, 3.8) is 0 Å². The second-order valence-electron chi connectivity index (χ2n) is 7.77. The molecule has 1 aromatic heterocycles. The molecule has 3 heterocycles. The van der Waals surface area contributed by atoms with Crippen LogP contribution in [0.1, 0.15) is 23.0 Å². The van der Waals surface area contributed by atoms with Crippen molar-refractivity contribution >= 4 is 16.8 Å². The number of piperazine rings is 1. The Balaban J connectivity index is 1.29. The predicted molar refractivity (Wildman–Crippen MR) is 115 cm³/mol. The molecule has 1 saturated heterocycles. The first kappa shape index (κ1) is 19.6. The van der Waals surface area contributed by atoms with Gasteiger partial charge in [0.25, 0.3) is 5.91 Å². The third kappa shape index (κ3) is 3.63. The molecule has 8 heteroatoms. The molecule has 0 bridgehead atoms. The highest BCUT2D eigenvalue weighted by Gasteiger charge is 2.26. The van der Waals surface area contributed by atoms with E-state index in [1.807, 2.05) is 43.3 Å². The summed E-state index contributed by atoms with van der Waals surface area (Å²) in [6.07, 6.45) is 0. The Labute approximate surface area is 179 Å². The van der Waals surface area contributed by atoms with Crippen LogP contribution in [0.5, 0.6) is 11.5 Å². The molecule has 0 spiro atoms. The topological polar surface area (TPSA) is 76.9 Å². The van der Waals surface area contributed by atoms with Crippen molar-refractivity contribution in [1.82, 2.24) is 19.6 Å². The first-order chi connectivity index (χ1) is 15.1. The molecule has 5 rings (SSSR count). The third-order valence-electron chi connectivity index (χ3n) is 5.87. The quantitative estimate of drug-likeness (QED) is 0.643. The number of hydrogen-bond donors (Lipinski definition) is 0. The average molecular weight is 420 g/mol. The van der Waals surface area contributed by atoms with Crippen LogP contribution in [0.15, 0.2) is 47.3 Å². The molecule has 2 aromatic carbocycles. The van der Waals surface area contributed by atoms with Gasteiger partial charge in [0.1, 0.15) is 0 Å². The molecule has 1 fully saturated rings. The highest BCUT2D eigenvalue weighted by molar-refractivity contribution is 5.95.